The van der Waals surface area contributed by atoms with E-state index in [1.54, 1.807) is 0 Å². The van der Waals surface area contributed by atoms with Gasteiger partial charge in [0.1, 0.15) is 0 Å². The smallest absolute Gasteiger partial charge is 0.330 e. The molecule has 2 amide bonds. The summed E-state index contributed by atoms with van der Waals surface area (Å²) in [7, 11) is 0. The van der Waals surface area contributed by atoms with Gasteiger partial charge in [0.2, 0.25) is 0 Å². The van der Waals surface area contributed by atoms with Crippen molar-refractivity contribution in [3.63, 3.8) is 0 Å². The number of carbonyl (C=O) groups is 3. The van der Waals surface area contributed by atoms with E-state index in [4.69, 9.17) is 4.84 Å². The number of hydrogen-bond acceptors (Lipinski definition) is 4. The van der Waals surface area contributed by atoms with E-state index < -0.39 is 17.8 Å². The molecule has 20 heavy (non-hydrogen) atoms. The molecule has 1 aliphatic heterocycles. The van der Waals surface area contributed by atoms with Gasteiger partial charge in [0.05, 0.1) is 6.42 Å². The van der Waals surface area contributed by atoms with Crippen molar-refractivity contribution in [2.24, 2.45) is 10.8 Å². The molecular weight excluding hydrogens is 258 g/mol. The van der Waals surface area contributed by atoms with Crippen LogP contribution >= 0.6 is 0 Å². The molecule has 1 fully saturated rings. The Labute approximate surface area is 120 Å². The van der Waals surface area contributed by atoms with Gasteiger partial charge in [-0.1, -0.05) is 41.0 Å². The van der Waals surface area contributed by atoms with Gasteiger partial charge in [-0.25, -0.2) is 4.79 Å². The number of rotatable bonds is 6. The molecular formula is C15H25NO4. The lowest BCUT2D eigenvalue weighted by atomic mass is 9.72. The summed E-state index contributed by atoms with van der Waals surface area (Å²) in [5, 5.41) is 0.614. The summed E-state index contributed by atoms with van der Waals surface area (Å²) >= 11 is 0. The van der Waals surface area contributed by atoms with Gasteiger partial charge in [0.15, 0.2) is 0 Å². The van der Waals surface area contributed by atoms with E-state index in [9.17, 15) is 14.4 Å². The molecule has 0 aromatic rings. The predicted molar refractivity (Wildman–Crippen MR) is 74.3 cm³/mol. The molecule has 0 radical (unpaired) electrons. The summed E-state index contributed by atoms with van der Waals surface area (Å²) in [6, 6.07) is 0. The summed E-state index contributed by atoms with van der Waals surface area (Å²) in [6.45, 7) is 10.4. The molecule has 0 atom stereocenters. The van der Waals surface area contributed by atoms with Crippen LogP contribution in [0.15, 0.2) is 0 Å². The normalized spacial score (nSPS) is 16.8. The van der Waals surface area contributed by atoms with Gasteiger partial charge < -0.3 is 4.84 Å². The minimum absolute atomic E-state index is 0.123. The van der Waals surface area contributed by atoms with Crippen molar-refractivity contribution in [3.05, 3.63) is 0 Å². The van der Waals surface area contributed by atoms with Crippen LogP contribution in [0.3, 0.4) is 0 Å². The maximum Gasteiger partial charge on any atom is 0.333 e. The third-order valence-corrected chi connectivity index (χ3v) is 3.74. The molecule has 1 heterocycles. The number of imide groups is 1. The summed E-state index contributed by atoms with van der Waals surface area (Å²) in [4.78, 5) is 39.6. The molecule has 0 aliphatic carbocycles. The van der Waals surface area contributed by atoms with Gasteiger partial charge in [0, 0.05) is 12.8 Å². The average Bonchev–Trinajstić information content (AvgIpc) is 2.58. The molecule has 1 rings (SSSR count). The highest BCUT2D eigenvalue weighted by Gasteiger charge is 2.35. The zero-order chi connectivity index (χ0) is 15.6. The average molecular weight is 283 g/mol. The van der Waals surface area contributed by atoms with Crippen LogP contribution in [-0.2, 0) is 19.2 Å². The second-order valence-electron chi connectivity index (χ2n) is 7.08. The first-order valence-electron chi connectivity index (χ1n) is 7.13. The maximum atomic E-state index is 11.9. The largest absolute Gasteiger partial charge is 0.333 e. The molecule has 0 spiro atoms. The lowest BCUT2D eigenvalue weighted by molar-refractivity contribution is -0.199. The fourth-order valence-electron chi connectivity index (χ4n) is 2.67. The van der Waals surface area contributed by atoms with Crippen molar-refractivity contribution >= 4 is 17.8 Å². The Morgan fingerprint density at radius 3 is 2.05 bits per heavy atom. The molecule has 0 unspecified atom stereocenters. The number of hydroxylamine groups is 2. The number of nitrogens with zero attached hydrogens (tertiary/aromatic N) is 1. The molecule has 0 aromatic heterocycles. The van der Waals surface area contributed by atoms with E-state index in [0.29, 0.717) is 5.06 Å². The van der Waals surface area contributed by atoms with Crippen LogP contribution in [0.4, 0.5) is 0 Å². The molecule has 1 aliphatic rings. The third-order valence-electron chi connectivity index (χ3n) is 3.74. The van der Waals surface area contributed by atoms with E-state index >= 15 is 0 Å². The highest BCUT2D eigenvalue weighted by molar-refractivity contribution is 6.01. The Balaban J connectivity index is 2.57. The van der Waals surface area contributed by atoms with Crippen LogP contribution in [0.2, 0.25) is 0 Å². The van der Waals surface area contributed by atoms with Crippen LogP contribution in [0.25, 0.3) is 0 Å². The van der Waals surface area contributed by atoms with Gasteiger partial charge in [-0.15, -0.1) is 5.06 Å². The molecule has 114 valence electrons. The monoisotopic (exact) mass is 283 g/mol. The molecule has 5 nitrogen and oxygen atoms in total. The van der Waals surface area contributed by atoms with Crippen molar-refractivity contribution in [3.8, 4) is 0 Å². The molecule has 0 bridgehead atoms. The van der Waals surface area contributed by atoms with Gasteiger partial charge in [-0.05, 0) is 17.3 Å². The van der Waals surface area contributed by atoms with E-state index in [1.165, 1.54) is 0 Å². The first-order chi connectivity index (χ1) is 9.06. The number of amides is 2. The fourth-order valence-corrected chi connectivity index (χ4v) is 2.67. The minimum Gasteiger partial charge on any atom is -0.330 e. The van der Waals surface area contributed by atoms with Crippen molar-refractivity contribution in [2.75, 3.05) is 0 Å². The third kappa shape index (κ3) is 4.62. The van der Waals surface area contributed by atoms with Gasteiger partial charge in [-0.2, -0.15) is 0 Å². The molecule has 0 saturated carbocycles. The summed E-state index contributed by atoms with van der Waals surface area (Å²) in [5.74, 6) is -1.39. The standard InChI is InChI=1S/C15H25NO4/c1-6-14(2,3)10-15(4,5)9-13(19)20-16-11(17)7-8-12(16)18/h6-10H2,1-5H3. The van der Waals surface area contributed by atoms with Crippen molar-refractivity contribution in [1.29, 1.82) is 0 Å². The predicted octanol–water partition coefficient (Wildman–Crippen LogP) is 2.84. The van der Waals surface area contributed by atoms with Crippen LogP contribution in [-0.4, -0.2) is 22.8 Å². The second kappa shape index (κ2) is 5.94. The van der Waals surface area contributed by atoms with Crippen LogP contribution in [0.5, 0.6) is 0 Å². The topological polar surface area (TPSA) is 63.7 Å². The van der Waals surface area contributed by atoms with E-state index in [2.05, 4.69) is 20.8 Å². The summed E-state index contributed by atoms with van der Waals surface area (Å²) in [5.41, 5.74) is -0.0918. The SMILES string of the molecule is CCC(C)(C)CC(C)(C)CC(=O)ON1C(=O)CCC1=O. The fraction of sp³-hybridized carbons (Fsp3) is 0.800. The highest BCUT2D eigenvalue weighted by Crippen LogP contribution is 2.38. The van der Waals surface area contributed by atoms with Crippen molar-refractivity contribution in [2.45, 2.75) is 66.7 Å². The second-order valence-corrected chi connectivity index (χ2v) is 7.08. The Morgan fingerprint density at radius 1 is 1.10 bits per heavy atom. The van der Waals surface area contributed by atoms with Crippen LogP contribution < -0.4 is 0 Å². The van der Waals surface area contributed by atoms with Gasteiger partial charge in [0.25, 0.3) is 11.8 Å². The Bertz CT molecular complexity index is 396. The summed E-state index contributed by atoms with van der Waals surface area (Å²) < 4.78 is 0. The maximum absolute atomic E-state index is 11.9. The lowest BCUT2D eigenvalue weighted by Crippen LogP contribution is -2.34. The minimum atomic E-state index is -0.523. The van der Waals surface area contributed by atoms with Crippen molar-refractivity contribution in [1.82, 2.24) is 5.06 Å². The van der Waals surface area contributed by atoms with Gasteiger partial charge in [-0.3, -0.25) is 9.59 Å². The highest BCUT2D eigenvalue weighted by atomic mass is 16.7. The number of hydrogen-bond donors (Lipinski definition) is 0. The van der Waals surface area contributed by atoms with Crippen LogP contribution in [0.1, 0.15) is 66.7 Å². The lowest BCUT2D eigenvalue weighted by Gasteiger charge is -2.33. The van der Waals surface area contributed by atoms with Crippen LogP contribution in [0, 0.1) is 10.8 Å². The quantitative estimate of drug-likeness (QED) is 0.703. The van der Waals surface area contributed by atoms with Crippen molar-refractivity contribution < 1.29 is 19.2 Å². The molecule has 1 saturated heterocycles. The summed E-state index contributed by atoms with van der Waals surface area (Å²) in [6.07, 6.45) is 2.33. The molecule has 0 aromatic carbocycles. The van der Waals surface area contributed by atoms with E-state index in [-0.39, 0.29) is 30.1 Å². The first-order valence-corrected chi connectivity index (χ1v) is 7.13. The number of carbonyl (C=O) groups excluding carboxylic acids is 3. The Hall–Kier alpha value is -1.39. The molecule has 0 N–H and O–H groups in total. The zero-order valence-electron chi connectivity index (χ0n) is 13.1. The first kappa shape index (κ1) is 16.7. The van der Waals surface area contributed by atoms with E-state index in [1.807, 2.05) is 13.8 Å². The zero-order valence-corrected chi connectivity index (χ0v) is 13.1. The Kier molecular flexibility index (Phi) is 4.95. The molecule has 5 heteroatoms. The Morgan fingerprint density at radius 2 is 1.60 bits per heavy atom. The van der Waals surface area contributed by atoms with E-state index in [0.717, 1.165) is 12.8 Å². The van der Waals surface area contributed by atoms with Gasteiger partial charge >= 0.3 is 5.97 Å².